The van der Waals surface area contributed by atoms with Crippen LogP contribution in [-0.2, 0) is 4.74 Å². The minimum atomic E-state index is 0.114. The van der Waals surface area contributed by atoms with E-state index in [-0.39, 0.29) is 18.1 Å². The molecule has 0 radical (unpaired) electrons. The van der Waals surface area contributed by atoms with E-state index in [1.54, 1.807) is 12.4 Å². The summed E-state index contributed by atoms with van der Waals surface area (Å²) in [6.07, 6.45) is 12.9. The van der Waals surface area contributed by atoms with Gasteiger partial charge in [-0.2, -0.15) is 0 Å². The van der Waals surface area contributed by atoms with Crippen LogP contribution in [0.5, 0.6) is 0 Å². The Bertz CT molecular complexity index is 619. The predicted molar refractivity (Wildman–Crippen MR) is 96.3 cm³/mol. The Balaban J connectivity index is 1.44. The van der Waals surface area contributed by atoms with Crippen LogP contribution in [0.4, 0.5) is 0 Å². The second kappa shape index (κ2) is 7.67. The van der Waals surface area contributed by atoms with Crippen molar-refractivity contribution in [2.45, 2.75) is 37.8 Å². The molecule has 2 aliphatic heterocycles. The molecule has 0 N–H and O–H groups in total. The fraction of sp³-hybridized carbons (Fsp3) is 0.600. The number of hydrogen-bond acceptors (Lipinski definition) is 4. The summed E-state index contributed by atoms with van der Waals surface area (Å²) < 4.78 is 5.99. The van der Waals surface area contributed by atoms with Crippen LogP contribution >= 0.6 is 0 Å². The summed E-state index contributed by atoms with van der Waals surface area (Å²) in [7, 11) is 0. The Morgan fingerprint density at radius 1 is 1.20 bits per heavy atom. The highest BCUT2D eigenvalue weighted by molar-refractivity contribution is 5.94. The smallest absolute Gasteiger partial charge is 0.254 e. The van der Waals surface area contributed by atoms with Gasteiger partial charge in [0.05, 0.1) is 18.8 Å². The van der Waals surface area contributed by atoms with Crippen molar-refractivity contribution in [1.29, 1.82) is 0 Å². The number of rotatable bonds is 3. The predicted octanol–water partition coefficient (Wildman–Crippen LogP) is 2.35. The van der Waals surface area contributed by atoms with Gasteiger partial charge in [-0.25, -0.2) is 0 Å². The summed E-state index contributed by atoms with van der Waals surface area (Å²) in [6, 6.07) is 3.78. The van der Waals surface area contributed by atoms with Crippen molar-refractivity contribution in [2.24, 2.45) is 5.92 Å². The van der Waals surface area contributed by atoms with Crippen LogP contribution in [0.15, 0.2) is 36.7 Å². The normalized spacial score (nSPS) is 30.1. The molecule has 0 aromatic carbocycles. The van der Waals surface area contributed by atoms with E-state index in [1.165, 1.54) is 19.3 Å². The highest BCUT2D eigenvalue weighted by Crippen LogP contribution is 2.27. The summed E-state index contributed by atoms with van der Waals surface area (Å²) in [5.41, 5.74) is 0.727. The molecule has 1 amide bonds. The van der Waals surface area contributed by atoms with Gasteiger partial charge in [-0.15, -0.1) is 0 Å². The molecule has 0 saturated carbocycles. The largest absolute Gasteiger partial charge is 0.374 e. The summed E-state index contributed by atoms with van der Waals surface area (Å²) in [5, 5.41) is 0. The number of pyridine rings is 1. The Morgan fingerprint density at radius 3 is 2.88 bits per heavy atom. The lowest BCUT2D eigenvalue weighted by atomic mass is 9.91. The summed E-state index contributed by atoms with van der Waals surface area (Å²) in [4.78, 5) is 21.6. The van der Waals surface area contributed by atoms with Crippen LogP contribution < -0.4 is 0 Å². The molecule has 25 heavy (non-hydrogen) atoms. The maximum atomic E-state index is 13.0. The number of piperidine rings is 1. The molecule has 2 saturated heterocycles. The van der Waals surface area contributed by atoms with Gasteiger partial charge in [0.2, 0.25) is 0 Å². The molecule has 2 fully saturated rings. The second-order valence-electron chi connectivity index (χ2n) is 7.41. The van der Waals surface area contributed by atoms with Crippen molar-refractivity contribution in [3.63, 3.8) is 0 Å². The lowest BCUT2D eigenvalue weighted by molar-refractivity contribution is -0.0918. The number of likely N-dealkylation sites (tertiary alicyclic amines) is 1. The first kappa shape index (κ1) is 16.7. The van der Waals surface area contributed by atoms with E-state index in [9.17, 15) is 4.79 Å². The standard InChI is InChI=1S/C20H27N3O2/c24-20(17-6-9-21-10-7-17)23-12-13-25-19-8-11-22(15-18(19)23)14-16-4-2-1-3-5-16/h1-2,6-7,9-10,16,18-19H,3-5,8,11-15H2/t16?,18-,19-/m1/s1. The van der Waals surface area contributed by atoms with Gasteiger partial charge in [0, 0.05) is 44.1 Å². The Hall–Kier alpha value is -1.72. The van der Waals surface area contributed by atoms with E-state index < -0.39 is 0 Å². The first-order valence-corrected chi connectivity index (χ1v) is 9.51. The molecule has 3 aliphatic rings. The molecule has 1 aliphatic carbocycles. The van der Waals surface area contributed by atoms with Crippen LogP contribution in [0, 0.1) is 5.92 Å². The van der Waals surface area contributed by atoms with Gasteiger partial charge in [0.25, 0.3) is 5.91 Å². The maximum Gasteiger partial charge on any atom is 0.254 e. The number of hydrogen-bond donors (Lipinski definition) is 0. The lowest BCUT2D eigenvalue weighted by Gasteiger charge is -2.47. The minimum absolute atomic E-state index is 0.114. The number of ether oxygens (including phenoxy) is 1. The van der Waals surface area contributed by atoms with E-state index in [2.05, 4.69) is 22.0 Å². The third-order valence-electron chi connectivity index (χ3n) is 5.75. The Kier molecular flexibility index (Phi) is 5.13. The number of morpholine rings is 1. The Labute approximate surface area is 149 Å². The van der Waals surface area contributed by atoms with Gasteiger partial charge in [0.15, 0.2) is 0 Å². The number of carbonyl (C=O) groups excluding carboxylic acids is 1. The van der Waals surface area contributed by atoms with Crippen molar-refractivity contribution in [2.75, 3.05) is 32.8 Å². The highest BCUT2D eigenvalue weighted by Gasteiger charge is 2.39. The van der Waals surface area contributed by atoms with Crippen LogP contribution in [0.1, 0.15) is 36.0 Å². The first-order valence-electron chi connectivity index (χ1n) is 9.51. The average molecular weight is 341 g/mol. The van der Waals surface area contributed by atoms with E-state index in [0.29, 0.717) is 13.2 Å². The van der Waals surface area contributed by atoms with Crippen LogP contribution in [0.2, 0.25) is 0 Å². The van der Waals surface area contributed by atoms with Crippen LogP contribution in [-0.4, -0.2) is 65.6 Å². The molecule has 5 nitrogen and oxygen atoms in total. The van der Waals surface area contributed by atoms with Crippen molar-refractivity contribution >= 4 is 5.91 Å². The van der Waals surface area contributed by atoms with E-state index >= 15 is 0 Å². The molecular formula is C20H27N3O2. The van der Waals surface area contributed by atoms with Crippen molar-refractivity contribution in [3.8, 4) is 0 Å². The average Bonchev–Trinajstić information content (AvgIpc) is 2.68. The molecule has 1 aromatic rings. The Morgan fingerprint density at radius 2 is 2.08 bits per heavy atom. The fourth-order valence-electron chi connectivity index (χ4n) is 4.40. The maximum absolute atomic E-state index is 13.0. The van der Waals surface area contributed by atoms with Gasteiger partial charge in [-0.3, -0.25) is 9.78 Å². The third-order valence-corrected chi connectivity index (χ3v) is 5.75. The third kappa shape index (κ3) is 3.77. The van der Waals surface area contributed by atoms with Gasteiger partial charge >= 0.3 is 0 Å². The van der Waals surface area contributed by atoms with E-state index in [1.807, 2.05) is 17.0 Å². The second-order valence-corrected chi connectivity index (χ2v) is 7.41. The van der Waals surface area contributed by atoms with Gasteiger partial charge in [-0.1, -0.05) is 12.2 Å². The van der Waals surface area contributed by atoms with Crippen LogP contribution in [0.3, 0.4) is 0 Å². The van der Waals surface area contributed by atoms with Gasteiger partial charge in [-0.05, 0) is 43.7 Å². The quantitative estimate of drug-likeness (QED) is 0.792. The molecule has 5 heteroatoms. The van der Waals surface area contributed by atoms with Crippen LogP contribution in [0.25, 0.3) is 0 Å². The zero-order chi connectivity index (χ0) is 17.1. The van der Waals surface area contributed by atoms with Gasteiger partial charge in [0.1, 0.15) is 0 Å². The van der Waals surface area contributed by atoms with E-state index in [0.717, 1.165) is 37.5 Å². The summed E-state index contributed by atoms with van der Waals surface area (Å²) in [6.45, 7) is 4.49. The molecule has 1 aromatic heterocycles. The van der Waals surface area contributed by atoms with Gasteiger partial charge < -0.3 is 14.5 Å². The molecule has 4 rings (SSSR count). The summed E-state index contributed by atoms with van der Waals surface area (Å²) >= 11 is 0. The van der Waals surface area contributed by atoms with Crippen molar-refractivity contribution < 1.29 is 9.53 Å². The number of carbonyl (C=O) groups is 1. The topological polar surface area (TPSA) is 45.7 Å². The first-order chi connectivity index (χ1) is 12.3. The monoisotopic (exact) mass is 341 g/mol. The lowest BCUT2D eigenvalue weighted by Crippen LogP contribution is -2.61. The fourth-order valence-corrected chi connectivity index (χ4v) is 4.40. The van der Waals surface area contributed by atoms with Crippen molar-refractivity contribution in [1.82, 2.24) is 14.8 Å². The van der Waals surface area contributed by atoms with E-state index in [4.69, 9.17) is 4.74 Å². The number of amides is 1. The molecule has 3 heterocycles. The summed E-state index contributed by atoms with van der Waals surface area (Å²) in [5.74, 6) is 0.874. The number of aromatic nitrogens is 1. The zero-order valence-electron chi connectivity index (χ0n) is 14.7. The highest BCUT2D eigenvalue weighted by atomic mass is 16.5. The SMILES string of the molecule is O=C(c1ccncc1)N1CCO[C@@H]2CCN(CC3CC=CCC3)C[C@H]21. The molecule has 1 unspecified atom stereocenters. The number of nitrogens with zero attached hydrogens (tertiary/aromatic N) is 3. The molecule has 3 atom stereocenters. The number of allylic oxidation sites excluding steroid dienone is 2. The minimum Gasteiger partial charge on any atom is -0.374 e. The molecular weight excluding hydrogens is 314 g/mol. The molecule has 0 spiro atoms. The number of fused-ring (bicyclic) bond motifs is 1. The molecule has 0 bridgehead atoms. The molecule has 134 valence electrons. The van der Waals surface area contributed by atoms with Crippen molar-refractivity contribution in [3.05, 3.63) is 42.2 Å². The zero-order valence-corrected chi connectivity index (χ0v) is 14.7.